The van der Waals surface area contributed by atoms with Gasteiger partial charge in [0, 0.05) is 118 Å². The van der Waals surface area contributed by atoms with E-state index < -0.39 is 0 Å². The smallest absolute Gasteiger partial charge is 0.256 e. The Kier molecular flexibility index (Phi) is 11.8. The van der Waals surface area contributed by atoms with Crippen LogP contribution in [0, 0.1) is 0 Å². The highest BCUT2D eigenvalue weighted by Gasteiger charge is 2.48. The number of benzene rings is 16. The SMILES string of the molecule is c1ccc(N(c2ccccc2)c2cc3c4c(c2)-n2c5c(cccc5c5c2c2c6cccc7c6n(c2c2c6cccc8c6n(c52)-c2cc(N(c5ccccc5)c5ccccc5)cc5c2B8c2ccccc2O5)-c2cc(N(c5ccccc5)c5ccccc5)cc5c2B7c2ccccc2O5)B4c2ccccc2O3)cc1. The van der Waals surface area contributed by atoms with E-state index in [0.717, 1.165) is 168 Å². The molecule has 498 valence electrons. The first kappa shape index (κ1) is 58.3. The third kappa shape index (κ3) is 7.76. The minimum Gasteiger partial charge on any atom is -0.458 e. The summed E-state index contributed by atoms with van der Waals surface area (Å²) in [6.45, 7) is -0.540. The molecule has 19 aromatic rings. The molecule has 0 saturated heterocycles. The van der Waals surface area contributed by atoms with Gasteiger partial charge in [-0.25, -0.2) is 0 Å². The van der Waals surface area contributed by atoms with E-state index in [2.05, 4.69) is 374 Å². The van der Waals surface area contributed by atoms with E-state index in [4.69, 9.17) is 14.2 Å². The first-order valence-electron chi connectivity index (χ1n) is 37.2. The molecule has 6 aliphatic heterocycles. The van der Waals surface area contributed by atoms with E-state index in [-0.39, 0.29) is 20.1 Å². The van der Waals surface area contributed by atoms with E-state index in [1.165, 1.54) is 49.1 Å². The van der Waals surface area contributed by atoms with E-state index in [1.807, 2.05) is 0 Å². The predicted octanol–water partition coefficient (Wildman–Crippen LogP) is 18.2. The van der Waals surface area contributed by atoms with Gasteiger partial charge in [0.2, 0.25) is 0 Å². The van der Waals surface area contributed by atoms with Crippen LogP contribution in [-0.2, 0) is 0 Å². The van der Waals surface area contributed by atoms with Crippen molar-refractivity contribution in [3.8, 4) is 51.6 Å². The molecule has 0 spiro atoms. The molecular formula is C96H57B3N6O3. The number of hydrogen-bond donors (Lipinski definition) is 0. The Bertz CT molecular complexity index is 6310. The molecule has 9 heterocycles. The molecule has 12 heteroatoms. The van der Waals surface area contributed by atoms with Crippen LogP contribution in [0.1, 0.15) is 0 Å². The number of hydrogen-bond acceptors (Lipinski definition) is 6. The van der Waals surface area contributed by atoms with Crippen molar-refractivity contribution in [3.63, 3.8) is 0 Å². The zero-order valence-electron chi connectivity index (χ0n) is 58.0. The third-order valence-corrected chi connectivity index (χ3v) is 23.8. The molecule has 0 saturated carbocycles. The van der Waals surface area contributed by atoms with Crippen molar-refractivity contribution >= 4 is 186 Å². The van der Waals surface area contributed by atoms with Crippen molar-refractivity contribution in [2.75, 3.05) is 14.7 Å². The van der Waals surface area contributed by atoms with Gasteiger partial charge >= 0.3 is 0 Å². The lowest BCUT2D eigenvalue weighted by Crippen LogP contribution is -2.58. The average Bonchev–Trinajstić information content (AvgIpc) is 1.48. The molecule has 6 aliphatic rings. The number of fused-ring (bicyclic) bond motifs is 24. The summed E-state index contributed by atoms with van der Waals surface area (Å²) < 4.78 is 30.5. The second-order valence-electron chi connectivity index (χ2n) is 29.3. The van der Waals surface area contributed by atoms with Gasteiger partial charge in [-0.15, -0.1) is 0 Å². The minimum atomic E-state index is -0.180. The van der Waals surface area contributed by atoms with Crippen LogP contribution < -0.4 is 78.1 Å². The second-order valence-corrected chi connectivity index (χ2v) is 29.3. The highest BCUT2D eigenvalue weighted by Crippen LogP contribution is 2.55. The Morgan fingerprint density at radius 3 is 0.685 bits per heavy atom. The summed E-state index contributed by atoms with van der Waals surface area (Å²) in [6, 6.07) is 127. The van der Waals surface area contributed by atoms with E-state index in [9.17, 15) is 0 Å². The molecule has 0 atom stereocenters. The van der Waals surface area contributed by atoms with Crippen LogP contribution in [0.2, 0.25) is 0 Å². The fourth-order valence-electron chi connectivity index (χ4n) is 19.8. The molecule has 0 fully saturated rings. The molecule has 0 amide bonds. The van der Waals surface area contributed by atoms with Crippen molar-refractivity contribution in [2.45, 2.75) is 0 Å². The summed E-state index contributed by atoms with van der Waals surface area (Å²) in [5, 5.41) is 6.99. The highest BCUT2D eigenvalue weighted by atomic mass is 16.5. The summed E-state index contributed by atoms with van der Waals surface area (Å²) in [7, 11) is 0. The summed E-state index contributed by atoms with van der Waals surface area (Å²) >= 11 is 0. The predicted molar refractivity (Wildman–Crippen MR) is 447 cm³/mol. The normalized spacial score (nSPS) is 13.2. The lowest BCUT2D eigenvalue weighted by Gasteiger charge is -2.35. The molecule has 0 unspecified atom stereocenters. The largest absolute Gasteiger partial charge is 0.458 e. The quantitative estimate of drug-likeness (QED) is 0.134. The van der Waals surface area contributed by atoms with Gasteiger partial charge in [0.05, 0.1) is 33.6 Å². The van der Waals surface area contributed by atoms with Crippen LogP contribution in [0.4, 0.5) is 51.2 Å². The van der Waals surface area contributed by atoms with Gasteiger partial charge in [0.25, 0.3) is 20.1 Å². The molecule has 9 nitrogen and oxygen atoms in total. The summed E-state index contributed by atoms with van der Waals surface area (Å²) in [5.74, 6) is 5.05. The van der Waals surface area contributed by atoms with Crippen LogP contribution in [0.25, 0.3) is 82.5 Å². The molecular weight excluding hydrogens is 1320 g/mol. The fraction of sp³-hybridized carbons (Fsp3) is 0. The standard InChI is InChI=1S/C96H57B3N6O3/c1-7-28-58(29-8-1)100(59-30-9-2-10-31-59)64-52-76-88-82(55-64)106-79-49-22-19-43-70(79)97(88)73-46-25-40-67-85-94(103(76)91(67)73)86-68-41-26-47-74-92(68)104(77-53-65(56-83-89(77)98(74)71-44-20-23-50-80(71)107-83)101(60-32-11-3-12-33-60)61-34-13-4-14-35-61)96(86)87-69-42-27-48-75-93(69)105(95(85)87)78-54-66(57-84-90(78)99(75)72-45-21-24-51-81(72)108-84)102(62-36-15-5-16-37-62)63-38-17-6-18-39-63/h1-57H. The lowest BCUT2D eigenvalue weighted by atomic mass is 9.34. The first-order valence-corrected chi connectivity index (χ1v) is 37.2. The number of anilines is 9. The van der Waals surface area contributed by atoms with Crippen molar-refractivity contribution in [1.29, 1.82) is 0 Å². The molecule has 0 radical (unpaired) electrons. The van der Waals surface area contributed by atoms with Crippen LogP contribution in [-0.4, -0.2) is 33.8 Å². The number of aromatic nitrogens is 3. The van der Waals surface area contributed by atoms with Gasteiger partial charge in [-0.1, -0.05) is 218 Å². The Balaban J connectivity index is 0.912. The molecule has 25 rings (SSSR count). The summed E-state index contributed by atoms with van der Waals surface area (Å²) in [4.78, 5) is 7.17. The summed E-state index contributed by atoms with van der Waals surface area (Å²) in [6.07, 6.45) is 0. The number of rotatable bonds is 9. The van der Waals surface area contributed by atoms with Crippen LogP contribution in [0.3, 0.4) is 0 Å². The zero-order chi connectivity index (χ0) is 70.1. The number of para-hydroxylation sites is 12. The maximum absolute atomic E-state index is 7.48. The number of ether oxygens (including phenoxy) is 3. The van der Waals surface area contributed by atoms with Crippen LogP contribution >= 0.6 is 0 Å². The molecule has 3 aromatic heterocycles. The highest BCUT2D eigenvalue weighted by molar-refractivity contribution is 7.01. The molecule has 0 aliphatic carbocycles. The molecule has 0 bridgehead atoms. The van der Waals surface area contributed by atoms with Gasteiger partial charge in [-0.2, -0.15) is 0 Å². The fourth-order valence-corrected chi connectivity index (χ4v) is 19.8. The van der Waals surface area contributed by atoms with Crippen molar-refractivity contribution in [1.82, 2.24) is 13.7 Å². The average molecular weight is 1370 g/mol. The molecule has 108 heavy (non-hydrogen) atoms. The van der Waals surface area contributed by atoms with Crippen molar-refractivity contribution in [2.24, 2.45) is 0 Å². The number of nitrogens with zero attached hydrogens (tertiary/aromatic N) is 6. The molecule has 16 aromatic carbocycles. The van der Waals surface area contributed by atoms with Gasteiger partial charge in [0.15, 0.2) is 0 Å². The van der Waals surface area contributed by atoms with E-state index in [0.29, 0.717) is 0 Å². The Morgan fingerprint density at radius 1 is 0.194 bits per heavy atom. The maximum atomic E-state index is 7.48. The Labute approximate surface area is 622 Å². The van der Waals surface area contributed by atoms with Crippen LogP contribution in [0.5, 0.6) is 34.5 Å². The Hall–Kier alpha value is -14.1. The van der Waals surface area contributed by atoms with E-state index >= 15 is 0 Å². The van der Waals surface area contributed by atoms with Crippen LogP contribution in [0.15, 0.2) is 346 Å². The van der Waals surface area contributed by atoms with E-state index in [1.54, 1.807) is 0 Å². The summed E-state index contributed by atoms with van der Waals surface area (Å²) in [5.41, 5.74) is 29.7. The van der Waals surface area contributed by atoms with Crippen molar-refractivity contribution < 1.29 is 14.2 Å². The van der Waals surface area contributed by atoms with Gasteiger partial charge in [0.1, 0.15) is 34.5 Å². The maximum Gasteiger partial charge on any atom is 0.256 e. The first-order chi connectivity index (χ1) is 53.6. The van der Waals surface area contributed by atoms with Gasteiger partial charge in [-0.3, -0.25) is 0 Å². The zero-order valence-corrected chi connectivity index (χ0v) is 58.0. The van der Waals surface area contributed by atoms with Gasteiger partial charge in [-0.05, 0) is 158 Å². The topological polar surface area (TPSA) is 52.2 Å². The van der Waals surface area contributed by atoms with Crippen molar-refractivity contribution in [3.05, 3.63) is 346 Å². The monoisotopic (exact) mass is 1370 g/mol. The lowest BCUT2D eigenvalue weighted by molar-refractivity contribution is 0.487. The minimum absolute atomic E-state index is 0.180. The van der Waals surface area contributed by atoms with Gasteiger partial charge < -0.3 is 42.6 Å². The third-order valence-electron chi connectivity index (χ3n) is 23.8. The second kappa shape index (κ2) is 21.8. The Morgan fingerprint density at radius 2 is 0.426 bits per heavy atom. The molecule has 0 N–H and O–H groups in total.